The molecule has 0 aliphatic heterocycles. The van der Waals surface area contributed by atoms with Gasteiger partial charge in [0.1, 0.15) is 5.82 Å². The summed E-state index contributed by atoms with van der Waals surface area (Å²) in [4.78, 5) is 29.9. The van der Waals surface area contributed by atoms with Gasteiger partial charge < -0.3 is 10.3 Å². The first-order chi connectivity index (χ1) is 9.56. The number of nitrogens with one attached hydrogen (secondary N) is 2. The highest BCUT2D eigenvalue weighted by Crippen LogP contribution is 2.21. The highest BCUT2D eigenvalue weighted by molar-refractivity contribution is 7.99. The number of anilines is 1. The molecule has 1 amide bonds. The number of carbonyl (C=O) groups is 1. The van der Waals surface area contributed by atoms with Crippen molar-refractivity contribution in [3.8, 4) is 0 Å². The zero-order chi connectivity index (χ0) is 14.7. The second kappa shape index (κ2) is 6.04. The van der Waals surface area contributed by atoms with Gasteiger partial charge in [0.15, 0.2) is 0 Å². The molecule has 2 rings (SSSR count). The third-order valence-corrected chi connectivity index (χ3v) is 4.05. The zero-order valence-corrected chi connectivity index (χ0v) is 11.9. The average Bonchev–Trinajstić information content (AvgIpc) is 2.42. The van der Waals surface area contributed by atoms with Crippen molar-refractivity contribution in [3.05, 3.63) is 34.6 Å². The molecule has 1 aromatic heterocycles. The number of hydrogen-bond donors (Lipinski definition) is 2. The number of nitrogens with zero attached hydrogens (tertiary/aromatic N) is 1. The van der Waals surface area contributed by atoms with Crippen molar-refractivity contribution in [2.75, 3.05) is 11.6 Å². The Balaban J connectivity index is 2.40. The van der Waals surface area contributed by atoms with Crippen molar-refractivity contribution < 1.29 is 9.18 Å². The SMILES string of the molecule is CC[C@@H](SC)C(=O)Nc1cc2c(=O)[nH]cnc2cc1F. The zero-order valence-electron chi connectivity index (χ0n) is 11.1. The maximum atomic E-state index is 13.9. The number of aromatic nitrogens is 2. The Kier molecular flexibility index (Phi) is 4.39. The summed E-state index contributed by atoms with van der Waals surface area (Å²) >= 11 is 1.40. The summed E-state index contributed by atoms with van der Waals surface area (Å²) in [5.41, 5.74) is -0.128. The first kappa shape index (κ1) is 14.5. The van der Waals surface area contributed by atoms with Crippen LogP contribution in [0.5, 0.6) is 0 Å². The van der Waals surface area contributed by atoms with Gasteiger partial charge in [0.05, 0.1) is 28.2 Å². The molecular formula is C13H14FN3O2S. The van der Waals surface area contributed by atoms with Gasteiger partial charge in [-0.3, -0.25) is 9.59 Å². The van der Waals surface area contributed by atoms with Crippen LogP contribution in [0.4, 0.5) is 10.1 Å². The van der Waals surface area contributed by atoms with Gasteiger partial charge in [-0.05, 0) is 18.7 Å². The van der Waals surface area contributed by atoms with E-state index >= 15 is 0 Å². The standard InChI is InChI=1S/C13H14FN3O2S/c1-3-11(20-2)13(19)17-10-4-7-9(5-8(10)14)15-6-16-12(7)18/h4-6,11H,3H2,1-2H3,(H,17,19)(H,15,16,18)/t11-/m1/s1. The van der Waals surface area contributed by atoms with Gasteiger partial charge in [0, 0.05) is 6.07 Å². The van der Waals surface area contributed by atoms with Gasteiger partial charge in [-0.15, -0.1) is 0 Å². The Morgan fingerprint density at radius 3 is 2.95 bits per heavy atom. The molecule has 7 heteroatoms. The van der Waals surface area contributed by atoms with E-state index < -0.39 is 5.82 Å². The van der Waals surface area contributed by atoms with E-state index in [1.165, 1.54) is 24.2 Å². The Bertz CT molecular complexity index is 698. The number of thioether (sulfide) groups is 1. The molecule has 2 N–H and O–H groups in total. The minimum absolute atomic E-state index is 0.00602. The van der Waals surface area contributed by atoms with Gasteiger partial charge in [-0.1, -0.05) is 6.92 Å². The number of carbonyl (C=O) groups excluding carboxylic acids is 1. The summed E-state index contributed by atoms with van der Waals surface area (Å²) in [6.07, 6.45) is 3.67. The molecule has 5 nitrogen and oxygen atoms in total. The van der Waals surface area contributed by atoms with E-state index in [1.54, 1.807) is 0 Å². The molecule has 106 valence electrons. The van der Waals surface area contributed by atoms with Crippen molar-refractivity contribution >= 4 is 34.3 Å². The van der Waals surface area contributed by atoms with Crippen molar-refractivity contribution in [2.45, 2.75) is 18.6 Å². The Morgan fingerprint density at radius 2 is 2.30 bits per heavy atom. The van der Waals surface area contributed by atoms with Crippen LogP contribution in [0.25, 0.3) is 10.9 Å². The molecule has 0 unspecified atom stereocenters. The van der Waals surface area contributed by atoms with Crippen LogP contribution < -0.4 is 10.9 Å². The molecule has 20 heavy (non-hydrogen) atoms. The van der Waals surface area contributed by atoms with E-state index in [-0.39, 0.29) is 33.3 Å². The number of fused-ring (bicyclic) bond motifs is 1. The Labute approximate surface area is 119 Å². The molecule has 1 heterocycles. The third kappa shape index (κ3) is 2.82. The average molecular weight is 295 g/mol. The van der Waals surface area contributed by atoms with Crippen molar-refractivity contribution in [3.63, 3.8) is 0 Å². The second-order valence-electron chi connectivity index (χ2n) is 4.20. The van der Waals surface area contributed by atoms with Crippen LogP contribution in [0.1, 0.15) is 13.3 Å². The van der Waals surface area contributed by atoms with E-state index in [9.17, 15) is 14.0 Å². The Morgan fingerprint density at radius 1 is 1.55 bits per heavy atom. The van der Waals surface area contributed by atoms with Crippen LogP contribution in [0, 0.1) is 5.82 Å². The molecule has 2 aromatic rings. The summed E-state index contributed by atoms with van der Waals surface area (Å²) in [5.74, 6) is -0.890. The smallest absolute Gasteiger partial charge is 0.258 e. The fourth-order valence-electron chi connectivity index (χ4n) is 1.86. The molecule has 0 spiro atoms. The van der Waals surface area contributed by atoms with E-state index in [1.807, 2.05) is 13.2 Å². The summed E-state index contributed by atoms with van der Waals surface area (Å²) in [6, 6.07) is 2.45. The van der Waals surface area contributed by atoms with Crippen LogP contribution >= 0.6 is 11.8 Å². The predicted octanol–water partition coefficient (Wildman–Crippen LogP) is 2.14. The topological polar surface area (TPSA) is 74.8 Å². The highest BCUT2D eigenvalue weighted by Gasteiger charge is 2.17. The van der Waals surface area contributed by atoms with Gasteiger partial charge >= 0.3 is 0 Å². The molecule has 0 saturated heterocycles. The summed E-state index contributed by atoms with van der Waals surface area (Å²) in [6.45, 7) is 1.88. The van der Waals surface area contributed by atoms with Crippen molar-refractivity contribution in [1.29, 1.82) is 0 Å². The molecule has 1 atom stereocenters. The maximum Gasteiger partial charge on any atom is 0.258 e. The van der Waals surface area contributed by atoms with Gasteiger partial charge in [0.2, 0.25) is 5.91 Å². The van der Waals surface area contributed by atoms with Crippen LogP contribution in [-0.2, 0) is 4.79 Å². The minimum Gasteiger partial charge on any atom is -0.323 e. The van der Waals surface area contributed by atoms with Crippen LogP contribution in [0.3, 0.4) is 0 Å². The lowest BCUT2D eigenvalue weighted by atomic mass is 10.2. The first-order valence-corrected chi connectivity index (χ1v) is 7.36. The van der Waals surface area contributed by atoms with Crippen LogP contribution in [0.15, 0.2) is 23.3 Å². The number of aromatic amines is 1. The normalized spacial score (nSPS) is 12.3. The molecular weight excluding hydrogens is 281 g/mol. The van der Waals surface area contributed by atoms with E-state index in [0.717, 1.165) is 6.07 Å². The molecule has 0 saturated carbocycles. The van der Waals surface area contributed by atoms with E-state index in [4.69, 9.17) is 0 Å². The fourth-order valence-corrected chi connectivity index (χ4v) is 2.46. The molecule has 1 aromatic carbocycles. The van der Waals surface area contributed by atoms with Crippen LogP contribution in [0.2, 0.25) is 0 Å². The Hall–Kier alpha value is -1.89. The number of benzene rings is 1. The lowest BCUT2D eigenvalue weighted by Crippen LogP contribution is -2.25. The van der Waals surface area contributed by atoms with E-state index in [0.29, 0.717) is 6.42 Å². The minimum atomic E-state index is -0.611. The van der Waals surface area contributed by atoms with Gasteiger partial charge in [0.25, 0.3) is 5.56 Å². The largest absolute Gasteiger partial charge is 0.323 e. The lowest BCUT2D eigenvalue weighted by Gasteiger charge is -2.13. The van der Waals surface area contributed by atoms with Crippen molar-refractivity contribution in [2.24, 2.45) is 0 Å². The van der Waals surface area contributed by atoms with Crippen LogP contribution in [-0.4, -0.2) is 27.4 Å². The molecule has 0 aliphatic rings. The predicted molar refractivity (Wildman–Crippen MR) is 78.5 cm³/mol. The number of halogens is 1. The maximum absolute atomic E-state index is 13.9. The molecule has 0 fully saturated rings. The first-order valence-electron chi connectivity index (χ1n) is 6.07. The fraction of sp³-hybridized carbons (Fsp3) is 0.308. The molecule has 0 bridgehead atoms. The highest BCUT2D eigenvalue weighted by atomic mass is 32.2. The summed E-state index contributed by atoms with van der Waals surface area (Å²) in [7, 11) is 0. The van der Waals surface area contributed by atoms with Gasteiger partial charge in [-0.25, -0.2) is 9.37 Å². The van der Waals surface area contributed by atoms with E-state index in [2.05, 4.69) is 15.3 Å². The van der Waals surface area contributed by atoms with Gasteiger partial charge in [-0.2, -0.15) is 11.8 Å². The monoisotopic (exact) mass is 295 g/mol. The lowest BCUT2D eigenvalue weighted by molar-refractivity contribution is -0.115. The number of rotatable bonds is 4. The molecule has 0 radical (unpaired) electrons. The number of H-pyrrole nitrogens is 1. The second-order valence-corrected chi connectivity index (χ2v) is 5.24. The van der Waals surface area contributed by atoms with Crippen molar-refractivity contribution in [1.82, 2.24) is 9.97 Å². The quantitative estimate of drug-likeness (QED) is 0.906. The molecule has 0 aliphatic carbocycles. The summed E-state index contributed by atoms with van der Waals surface area (Å²) < 4.78 is 13.9. The number of amides is 1. The third-order valence-electron chi connectivity index (χ3n) is 2.93. The number of hydrogen-bond acceptors (Lipinski definition) is 4. The summed E-state index contributed by atoms with van der Waals surface area (Å²) in [5, 5.41) is 2.50.